The Balaban J connectivity index is 1.73. The van der Waals surface area contributed by atoms with E-state index in [2.05, 4.69) is 0 Å². The number of ether oxygens (including phenoxy) is 1. The summed E-state index contributed by atoms with van der Waals surface area (Å²) in [6.07, 6.45) is -4.58. The molecule has 36 heavy (non-hydrogen) atoms. The van der Waals surface area contributed by atoms with Crippen molar-refractivity contribution in [3.05, 3.63) is 117 Å². The molecule has 2 aliphatic heterocycles. The molecule has 6 nitrogen and oxygen atoms in total. The summed E-state index contributed by atoms with van der Waals surface area (Å²) in [4.78, 5) is -0.248. The Hall–Kier alpha value is -4.23. The maximum absolute atomic E-state index is 14.1. The molecule has 0 spiro atoms. The van der Waals surface area contributed by atoms with E-state index < -0.39 is 27.7 Å². The first-order valence-electron chi connectivity index (χ1n) is 10.8. The van der Waals surface area contributed by atoms with Crippen molar-refractivity contribution in [2.24, 2.45) is 5.73 Å². The predicted molar refractivity (Wildman–Crippen MR) is 127 cm³/mol. The van der Waals surface area contributed by atoms with Crippen LogP contribution >= 0.6 is 0 Å². The molecular weight excluding hydrogens is 491 g/mol. The number of sulfonamides is 1. The van der Waals surface area contributed by atoms with Crippen molar-refractivity contribution in [2.75, 3.05) is 4.31 Å². The number of allylic oxidation sites excluding steroid dienone is 2. The normalized spacial score (nSPS) is 18.7. The SMILES string of the molecule is N#CC1=C(N)OC2=C([C@@H]1c1ccc(C(F)(F)F)cc1)S(=O)(=O)N(Cc1ccccc1)c1ccccc12. The van der Waals surface area contributed by atoms with Crippen LogP contribution in [0.4, 0.5) is 18.9 Å². The van der Waals surface area contributed by atoms with Crippen LogP contribution in [0.3, 0.4) is 0 Å². The second kappa shape index (κ2) is 8.46. The summed E-state index contributed by atoms with van der Waals surface area (Å²) in [6, 6.07) is 21.6. The number of benzene rings is 3. The zero-order valence-corrected chi connectivity index (χ0v) is 19.3. The summed E-state index contributed by atoms with van der Waals surface area (Å²) in [7, 11) is -4.31. The van der Waals surface area contributed by atoms with E-state index >= 15 is 0 Å². The molecule has 0 aliphatic carbocycles. The maximum atomic E-state index is 14.1. The molecule has 0 bridgehead atoms. The zero-order valence-electron chi connectivity index (χ0n) is 18.5. The van der Waals surface area contributed by atoms with Gasteiger partial charge in [-0.15, -0.1) is 0 Å². The minimum Gasteiger partial charge on any atom is -0.439 e. The molecule has 10 heteroatoms. The highest BCUT2D eigenvalue weighted by molar-refractivity contribution is 7.96. The van der Waals surface area contributed by atoms with E-state index in [4.69, 9.17) is 10.5 Å². The molecule has 1 atom stereocenters. The van der Waals surface area contributed by atoms with Gasteiger partial charge in [-0.05, 0) is 35.4 Å². The Labute approximate surface area is 205 Å². The Morgan fingerprint density at radius 3 is 2.25 bits per heavy atom. The Kier molecular flexibility index (Phi) is 5.53. The Bertz CT molecular complexity index is 1560. The van der Waals surface area contributed by atoms with Gasteiger partial charge in [-0.2, -0.15) is 18.4 Å². The Morgan fingerprint density at radius 2 is 1.61 bits per heavy atom. The number of nitrogens with two attached hydrogens (primary N) is 1. The van der Waals surface area contributed by atoms with E-state index in [1.807, 2.05) is 12.1 Å². The Morgan fingerprint density at radius 1 is 0.972 bits per heavy atom. The van der Waals surface area contributed by atoms with Gasteiger partial charge in [0.2, 0.25) is 5.88 Å². The topological polar surface area (TPSA) is 96.4 Å². The molecule has 0 aromatic heterocycles. The monoisotopic (exact) mass is 509 g/mol. The van der Waals surface area contributed by atoms with Crippen molar-refractivity contribution in [1.29, 1.82) is 5.26 Å². The summed E-state index contributed by atoms with van der Waals surface area (Å²) in [5.74, 6) is -1.60. The van der Waals surface area contributed by atoms with Crippen LogP contribution in [0.25, 0.3) is 5.76 Å². The fourth-order valence-corrected chi connectivity index (χ4v) is 6.34. The number of rotatable bonds is 3. The average molecular weight is 510 g/mol. The standard InChI is InChI=1S/C26H18F3N3O3S/c27-26(28,29)18-12-10-17(11-13-18)22-20(14-30)25(31)35-23-19-8-4-5-9-21(19)32(36(33,34)24(22)23)15-16-6-2-1-3-7-16/h1-13,22H,15,31H2/t22-/m1/s1. The first-order chi connectivity index (χ1) is 17.1. The lowest BCUT2D eigenvalue weighted by Crippen LogP contribution is -2.39. The number of nitrogens with zero attached hydrogens (tertiary/aromatic N) is 2. The second-order valence-corrected chi connectivity index (χ2v) is 10.1. The van der Waals surface area contributed by atoms with Gasteiger partial charge in [0.15, 0.2) is 5.76 Å². The fraction of sp³-hybridized carbons (Fsp3) is 0.115. The van der Waals surface area contributed by atoms with Gasteiger partial charge in [-0.25, -0.2) is 8.42 Å². The van der Waals surface area contributed by atoms with E-state index in [0.29, 0.717) is 11.3 Å². The molecule has 0 radical (unpaired) electrons. The lowest BCUT2D eigenvalue weighted by molar-refractivity contribution is -0.137. The minimum absolute atomic E-state index is 0.00220. The predicted octanol–water partition coefficient (Wildman–Crippen LogP) is 5.23. The number of anilines is 1. The molecule has 0 amide bonds. The third kappa shape index (κ3) is 3.78. The second-order valence-electron chi connectivity index (χ2n) is 8.25. The number of fused-ring (bicyclic) bond motifs is 2. The van der Waals surface area contributed by atoms with E-state index in [1.54, 1.807) is 48.5 Å². The first kappa shape index (κ1) is 23.5. The van der Waals surface area contributed by atoms with E-state index in [-0.39, 0.29) is 34.2 Å². The van der Waals surface area contributed by atoms with Gasteiger partial charge in [-0.3, -0.25) is 4.31 Å². The van der Waals surface area contributed by atoms with Gasteiger partial charge >= 0.3 is 6.18 Å². The third-order valence-corrected chi connectivity index (χ3v) is 7.98. The van der Waals surface area contributed by atoms with Gasteiger partial charge in [0.25, 0.3) is 10.0 Å². The molecule has 182 valence electrons. The average Bonchev–Trinajstić information content (AvgIpc) is 2.86. The molecule has 2 heterocycles. The van der Waals surface area contributed by atoms with Crippen LogP contribution in [-0.4, -0.2) is 8.42 Å². The van der Waals surface area contributed by atoms with Crippen molar-refractivity contribution in [1.82, 2.24) is 0 Å². The van der Waals surface area contributed by atoms with Crippen LogP contribution in [0, 0.1) is 11.3 Å². The largest absolute Gasteiger partial charge is 0.439 e. The molecular formula is C26H18F3N3O3S. The molecule has 3 aromatic rings. The van der Waals surface area contributed by atoms with Crippen LogP contribution in [0.5, 0.6) is 0 Å². The zero-order chi connectivity index (χ0) is 25.7. The summed E-state index contributed by atoms with van der Waals surface area (Å²) in [5, 5.41) is 9.85. The highest BCUT2D eigenvalue weighted by atomic mass is 32.2. The van der Waals surface area contributed by atoms with Crippen molar-refractivity contribution in [3.63, 3.8) is 0 Å². The fourth-order valence-electron chi connectivity index (χ4n) is 4.43. The molecule has 0 unspecified atom stereocenters. The van der Waals surface area contributed by atoms with Gasteiger partial charge in [-0.1, -0.05) is 54.6 Å². The van der Waals surface area contributed by atoms with E-state index in [9.17, 15) is 26.9 Å². The summed E-state index contributed by atoms with van der Waals surface area (Å²) < 4.78 is 74.7. The number of nitriles is 1. The lowest BCUT2D eigenvalue weighted by Gasteiger charge is -2.38. The van der Waals surface area contributed by atoms with Crippen molar-refractivity contribution >= 4 is 21.5 Å². The highest BCUT2D eigenvalue weighted by Crippen LogP contribution is 2.51. The van der Waals surface area contributed by atoms with Crippen LogP contribution < -0.4 is 10.0 Å². The molecule has 0 saturated carbocycles. The van der Waals surface area contributed by atoms with Gasteiger partial charge < -0.3 is 10.5 Å². The van der Waals surface area contributed by atoms with Crippen LogP contribution in [0.2, 0.25) is 0 Å². The molecule has 0 fully saturated rings. The number of halogens is 3. The molecule has 0 saturated heterocycles. The molecule has 5 rings (SSSR count). The molecule has 2 N–H and O–H groups in total. The van der Waals surface area contributed by atoms with Crippen LogP contribution in [-0.2, 0) is 27.5 Å². The summed E-state index contributed by atoms with van der Waals surface area (Å²) >= 11 is 0. The lowest BCUT2D eigenvalue weighted by atomic mass is 9.88. The number of alkyl halides is 3. The van der Waals surface area contributed by atoms with E-state index in [1.165, 1.54) is 4.31 Å². The smallest absolute Gasteiger partial charge is 0.416 e. The first-order valence-corrected chi connectivity index (χ1v) is 12.2. The van der Waals surface area contributed by atoms with Crippen LogP contribution in [0.1, 0.15) is 28.2 Å². The van der Waals surface area contributed by atoms with Gasteiger partial charge in [0.05, 0.1) is 23.7 Å². The van der Waals surface area contributed by atoms with Gasteiger partial charge in [0, 0.05) is 5.56 Å². The van der Waals surface area contributed by atoms with Crippen molar-refractivity contribution in [2.45, 2.75) is 18.6 Å². The molecule has 2 aliphatic rings. The van der Waals surface area contributed by atoms with Crippen LogP contribution in [0.15, 0.2) is 95.2 Å². The maximum Gasteiger partial charge on any atom is 0.416 e. The van der Waals surface area contributed by atoms with Crippen molar-refractivity contribution < 1.29 is 26.3 Å². The van der Waals surface area contributed by atoms with Gasteiger partial charge in [0.1, 0.15) is 16.5 Å². The molecule has 3 aromatic carbocycles. The minimum atomic E-state index is -4.58. The number of hydrogen-bond donors (Lipinski definition) is 1. The summed E-state index contributed by atoms with van der Waals surface area (Å²) in [5.41, 5.74) is 6.63. The third-order valence-electron chi connectivity index (χ3n) is 6.10. The quantitative estimate of drug-likeness (QED) is 0.522. The number of para-hydroxylation sites is 1. The highest BCUT2D eigenvalue weighted by Gasteiger charge is 2.47. The van der Waals surface area contributed by atoms with Crippen molar-refractivity contribution in [3.8, 4) is 6.07 Å². The summed E-state index contributed by atoms with van der Waals surface area (Å²) in [6.45, 7) is -0.00220. The number of hydrogen-bond acceptors (Lipinski definition) is 5. The van der Waals surface area contributed by atoms with E-state index in [0.717, 1.165) is 29.8 Å².